The van der Waals surface area contributed by atoms with Gasteiger partial charge < -0.3 is 5.32 Å². The van der Waals surface area contributed by atoms with Gasteiger partial charge in [0.15, 0.2) is 0 Å². The first-order valence-corrected chi connectivity index (χ1v) is 9.50. The third kappa shape index (κ3) is 3.24. The lowest BCUT2D eigenvalue weighted by atomic mass is 9.91. The average molecular weight is 316 g/mol. The number of rotatable bonds is 5. The van der Waals surface area contributed by atoms with E-state index < -0.39 is 10.0 Å². The highest BCUT2D eigenvalue weighted by Gasteiger charge is 2.31. The van der Waals surface area contributed by atoms with Crippen LogP contribution in [0.4, 0.5) is 0 Å². The SMILES string of the molecule is CCc1ccc(S(=O)(=O)N2CCC(C(C)NC)CC2)s1. The highest BCUT2D eigenvalue weighted by atomic mass is 32.2. The second-order valence-electron chi connectivity index (χ2n) is 5.39. The van der Waals surface area contributed by atoms with Crippen molar-refractivity contribution in [3.63, 3.8) is 0 Å². The van der Waals surface area contributed by atoms with Gasteiger partial charge in [0, 0.05) is 24.0 Å². The van der Waals surface area contributed by atoms with Crippen molar-refractivity contribution in [3.05, 3.63) is 17.0 Å². The van der Waals surface area contributed by atoms with Gasteiger partial charge in [0.1, 0.15) is 4.21 Å². The van der Waals surface area contributed by atoms with E-state index in [1.807, 2.05) is 20.0 Å². The third-order valence-electron chi connectivity index (χ3n) is 4.24. The van der Waals surface area contributed by atoms with E-state index in [9.17, 15) is 8.42 Å². The van der Waals surface area contributed by atoms with E-state index in [0.717, 1.165) is 24.1 Å². The van der Waals surface area contributed by atoms with Crippen LogP contribution >= 0.6 is 11.3 Å². The fraction of sp³-hybridized carbons (Fsp3) is 0.714. The van der Waals surface area contributed by atoms with E-state index in [2.05, 4.69) is 12.2 Å². The minimum absolute atomic E-state index is 0.452. The topological polar surface area (TPSA) is 49.4 Å². The minimum Gasteiger partial charge on any atom is -0.317 e. The molecule has 1 aromatic rings. The van der Waals surface area contributed by atoms with Crippen molar-refractivity contribution in [3.8, 4) is 0 Å². The van der Waals surface area contributed by atoms with E-state index in [-0.39, 0.29) is 0 Å². The minimum atomic E-state index is -3.28. The molecule has 0 aliphatic carbocycles. The first-order valence-electron chi connectivity index (χ1n) is 7.25. The summed E-state index contributed by atoms with van der Waals surface area (Å²) < 4.78 is 27.3. The predicted octanol–water partition coefficient (Wildman–Crippen LogP) is 2.32. The molecule has 1 saturated heterocycles. The Hall–Kier alpha value is -0.430. The third-order valence-corrected chi connectivity index (χ3v) is 7.84. The van der Waals surface area contributed by atoms with Crippen molar-refractivity contribution in [2.24, 2.45) is 5.92 Å². The first kappa shape index (κ1) is 15.9. The van der Waals surface area contributed by atoms with Crippen LogP contribution in [0.1, 0.15) is 31.6 Å². The van der Waals surface area contributed by atoms with E-state index in [1.165, 1.54) is 11.3 Å². The maximum atomic E-state index is 12.6. The molecule has 1 aromatic heterocycles. The highest BCUT2D eigenvalue weighted by molar-refractivity contribution is 7.91. The van der Waals surface area contributed by atoms with Crippen LogP contribution in [0.2, 0.25) is 0 Å². The zero-order valence-electron chi connectivity index (χ0n) is 12.4. The lowest BCUT2D eigenvalue weighted by molar-refractivity contribution is 0.237. The van der Waals surface area contributed by atoms with Crippen molar-refractivity contribution in [2.75, 3.05) is 20.1 Å². The zero-order valence-corrected chi connectivity index (χ0v) is 14.1. The Bertz CT molecular complexity index is 531. The molecule has 1 aliphatic heterocycles. The molecule has 1 N–H and O–H groups in total. The summed E-state index contributed by atoms with van der Waals surface area (Å²) in [6.45, 7) is 5.49. The number of aryl methyl sites for hydroxylation is 1. The Morgan fingerprint density at radius 2 is 2.05 bits per heavy atom. The first-order chi connectivity index (χ1) is 9.48. The van der Waals surface area contributed by atoms with E-state index in [1.54, 1.807) is 10.4 Å². The lowest BCUT2D eigenvalue weighted by Gasteiger charge is -2.33. The van der Waals surface area contributed by atoms with Gasteiger partial charge in [-0.25, -0.2) is 8.42 Å². The van der Waals surface area contributed by atoms with Gasteiger partial charge in [-0.1, -0.05) is 6.92 Å². The van der Waals surface area contributed by atoms with Crippen molar-refractivity contribution < 1.29 is 8.42 Å². The summed E-state index contributed by atoms with van der Waals surface area (Å²) in [7, 11) is -1.31. The Kier molecular flexibility index (Phi) is 5.23. The summed E-state index contributed by atoms with van der Waals surface area (Å²) in [6, 6.07) is 4.13. The maximum Gasteiger partial charge on any atom is 0.252 e. The second kappa shape index (κ2) is 6.56. The summed E-state index contributed by atoms with van der Waals surface area (Å²) in [5.74, 6) is 0.570. The van der Waals surface area contributed by atoms with Crippen molar-refractivity contribution in [2.45, 2.75) is 43.4 Å². The Morgan fingerprint density at radius 1 is 1.40 bits per heavy atom. The normalized spacial score (nSPS) is 20.1. The van der Waals surface area contributed by atoms with Gasteiger partial charge in [0.05, 0.1) is 0 Å². The fourth-order valence-corrected chi connectivity index (χ4v) is 5.59. The van der Waals surface area contributed by atoms with Gasteiger partial charge in [0.2, 0.25) is 0 Å². The molecule has 114 valence electrons. The molecule has 0 saturated carbocycles. The number of nitrogens with zero attached hydrogens (tertiary/aromatic N) is 1. The van der Waals surface area contributed by atoms with Crippen LogP contribution in [0.25, 0.3) is 0 Å². The molecule has 0 bridgehead atoms. The largest absolute Gasteiger partial charge is 0.317 e. The summed E-state index contributed by atoms with van der Waals surface area (Å²) in [4.78, 5) is 1.13. The van der Waals surface area contributed by atoms with Gasteiger partial charge in [-0.15, -0.1) is 11.3 Å². The zero-order chi connectivity index (χ0) is 14.8. The van der Waals surface area contributed by atoms with Crippen molar-refractivity contribution in [1.82, 2.24) is 9.62 Å². The summed E-state index contributed by atoms with van der Waals surface area (Å²) in [5, 5.41) is 3.26. The average Bonchev–Trinajstić information content (AvgIpc) is 2.96. The number of sulfonamides is 1. The Balaban J connectivity index is 2.05. The van der Waals surface area contributed by atoms with Gasteiger partial charge in [0.25, 0.3) is 10.0 Å². The second-order valence-corrected chi connectivity index (χ2v) is 8.73. The molecule has 1 atom stereocenters. The lowest BCUT2D eigenvalue weighted by Crippen LogP contribution is -2.43. The Labute approximate surface area is 126 Å². The number of nitrogens with one attached hydrogen (secondary N) is 1. The molecule has 4 nitrogen and oxygen atoms in total. The molecular formula is C14H24N2O2S2. The number of hydrogen-bond acceptors (Lipinski definition) is 4. The molecule has 1 fully saturated rings. The van der Waals surface area contributed by atoms with Crippen LogP contribution in [-0.2, 0) is 16.4 Å². The molecule has 2 rings (SSSR count). The van der Waals surface area contributed by atoms with Crippen molar-refractivity contribution >= 4 is 21.4 Å². The van der Waals surface area contributed by atoms with Crippen LogP contribution in [0.15, 0.2) is 16.3 Å². The molecular weight excluding hydrogens is 292 g/mol. The van der Waals surface area contributed by atoms with E-state index in [4.69, 9.17) is 0 Å². The quantitative estimate of drug-likeness (QED) is 0.907. The molecule has 20 heavy (non-hydrogen) atoms. The maximum absolute atomic E-state index is 12.6. The summed E-state index contributed by atoms with van der Waals surface area (Å²) in [5.41, 5.74) is 0. The molecule has 0 spiro atoms. The Morgan fingerprint density at radius 3 is 2.55 bits per heavy atom. The van der Waals surface area contributed by atoms with Crippen LogP contribution in [-0.4, -0.2) is 38.9 Å². The molecule has 0 radical (unpaired) electrons. The number of piperidine rings is 1. The van der Waals surface area contributed by atoms with Crippen LogP contribution in [0, 0.1) is 5.92 Å². The standard InChI is InChI=1S/C14H24N2O2S2/c1-4-13-5-6-14(19-13)20(17,18)16-9-7-12(8-10-16)11(2)15-3/h5-6,11-12,15H,4,7-10H2,1-3H3. The summed E-state index contributed by atoms with van der Waals surface area (Å²) >= 11 is 1.40. The van der Waals surface area contributed by atoms with Gasteiger partial charge in [-0.05, 0) is 51.3 Å². The smallest absolute Gasteiger partial charge is 0.252 e. The van der Waals surface area contributed by atoms with Crippen LogP contribution < -0.4 is 5.32 Å². The molecule has 0 aromatic carbocycles. The molecule has 2 heterocycles. The molecule has 1 aliphatic rings. The monoisotopic (exact) mass is 316 g/mol. The predicted molar refractivity (Wildman–Crippen MR) is 83.7 cm³/mol. The fourth-order valence-electron chi connectivity index (χ4n) is 2.67. The summed E-state index contributed by atoms with van der Waals surface area (Å²) in [6.07, 6.45) is 2.77. The number of hydrogen-bond donors (Lipinski definition) is 1. The van der Waals surface area contributed by atoms with Crippen LogP contribution in [0.5, 0.6) is 0 Å². The molecule has 6 heteroatoms. The number of thiophene rings is 1. The molecule has 1 unspecified atom stereocenters. The van der Waals surface area contributed by atoms with Gasteiger partial charge in [-0.2, -0.15) is 4.31 Å². The van der Waals surface area contributed by atoms with Gasteiger partial charge >= 0.3 is 0 Å². The highest BCUT2D eigenvalue weighted by Crippen LogP contribution is 2.29. The van der Waals surface area contributed by atoms with Gasteiger partial charge in [-0.3, -0.25) is 0 Å². The van der Waals surface area contributed by atoms with Crippen LogP contribution in [0.3, 0.4) is 0 Å². The van der Waals surface area contributed by atoms with Crippen molar-refractivity contribution in [1.29, 1.82) is 0 Å². The van der Waals surface area contributed by atoms with E-state index >= 15 is 0 Å². The van der Waals surface area contributed by atoms with E-state index in [0.29, 0.717) is 29.3 Å². The molecule has 0 amide bonds.